The van der Waals surface area contributed by atoms with Gasteiger partial charge in [0.05, 0.1) is 16.1 Å². The molecule has 1 aromatic heterocycles. The molecular formula is C13H15BrN2O3S2. The lowest BCUT2D eigenvalue weighted by molar-refractivity contribution is 0.185. The Balaban J connectivity index is 2.35. The Labute approximate surface area is 136 Å². The van der Waals surface area contributed by atoms with Gasteiger partial charge in [-0.2, -0.15) is 0 Å². The second-order valence-corrected chi connectivity index (χ2v) is 8.36. The maximum absolute atomic E-state index is 12.5. The minimum atomic E-state index is -3.67. The van der Waals surface area contributed by atoms with E-state index in [-0.39, 0.29) is 4.90 Å². The highest BCUT2D eigenvalue weighted by Crippen LogP contribution is 2.33. The number of thiophene rings is 1. The van der Waals surface area contributed by atoms with Gasteiger partial charge >= 0.3 is 0 Å². The van der Waals surface area contributed by atoms with Gasteiger partial charge < -0.3 is 10.5 Å². The number of methoxy groups -OCH3 is 1. The number of anilines is 1. The molecule has 0 bridgehead atoms. The van der Waals surface area contributed by atoms with Crippen molar-refractivity contribution in [2.24, 2.45) is 5.73 Å². The summed E-state index contributed by atoms with van der Waals surface area (Å²) in [6.07, 6.45) is 0. The van der Waals surface area contributed by atoms with Crippen molar-refractivity contribution >= 4 is 43.0 Å². The Kier molecular flexibility index (Phi) is 5.39. The summed E-state index contributed by atoms with van der Waals surface area (Å²) < 4.78 is 33.2. The van der Waals surface area contributed by atoms with Crippen LogP contribution in [0.5, 0.6) is 0 Å². The average Bonchev–Trinajstić information content (AvgIpc) is 2.83. The lowest BCUT2D eigenvalue weighted by Crippen LogP contribution is -2.14. The van der Waals surface area contributed by atoms with Crippen LogP contribution in [-0.4, -0.2) is 15.5 Å². The molecule has 0 amide bonds. The average molecular weight is 391 g/mol. The van der Waals surface area contributed by atoms with Crippen LogP contribution < -0.4 is 10.5 Å². The van der Waals surface area contributed by atoms with Crippen LogP contribution in [0.15, 0.2) is 39.0 Å². The number of ether oxygens (including phenoxy) is 1. The molecular weight excluding hydrogens is 376 g/mol. The fourth-order valence-corrected chi connectivity index (χ4v) is 5.45. The van der Waals surface area contributed by atoms with Gasteiger partial charge in [0.2, 0.25) is 0 Å². The molecule has 2 rings (SSSR count). The van der Waals surface area contributed by atoms with Gasteiger partial charge in [-0.3, -0.25) is 4.72 Å². The Hall–Kier alpha value is -0.930. The first-order chi connectivity index (χ1) is 9.97. The van der Waals surface area contributed by atoms with Crippen molar-refractivity contribution < 1.29 is 13.2 Å². The SMILES string of the molecule is COCc1ccccc1NS(=O)(=O)c1cc(CN)sc1Br. The van der Waals surface area contributed by atoms with Crippen LogP contribution in [0.4, 0.5) is 5.69 Å². The first-order valence-electron chi connectivity index (χ1n) is 6.06. The number of benzene rings is 1. The molecule has 0 aliphatic carbocycles. The van der Waals surface area contributed by atoms with E-state index in [1.165, 1.54) is 11.3 Å². The van der Waals surface area contributed by atoms with Crippen LogP contribution in [0.3, 0.4) is 0 Å². The van der Waals surface area contributed by atoms with Gasteiger partial charge in [-0.25, -0.2) is 8.42 Å². The summed E-state index contributed by atoms with van der Waals surface area (Å²) in [7, 11) is -2.11. The smallest absolute Gasteiger partial charge is 0.263 e. The number of para-hydroxylation sites is 1. The molecule has 1 heterocycles. The number of sulfonamides is 1. The summed E-state index contributed by atoms with van der Waals surface area (Å²) in [5.41, 5.74) is 6.83. The zero-order valence-electron chi connectivity index (χ0n) is 11.3. The topological polar surface area (TPSA) is 81.4 Å². The van der Waals surface area contributed by atoms with Crippen molar-refractivity contribution in [1.29, 1.82) is 0 Å². The quantitative estimate of drug-likeness (QED) is 0.794. The lowest BCUT2D eigenvalue weighted by atomic mass is 10.2. The third-order valence-corrected chi connectivity index (χ3v) is 6.40. The van der Waals surface area contributed by atoms with Crippen molar-refractivity contribution in [3.05, 3.63) is 44.6 Å². The van der Waals surface area contributed by atoms with Crippen molar-refractivity contribution in [2.45, 2.75) is 18.0 Å². The van der Waals surface area contributed by atoms with Crippen molar-refractivity contribution in [3.8, 4) is 0 Å². The van der Waals surface area contributed by atoms with E-state index >= 15 is 0 Å². The second kappa shape index (κ2) is 6.89. The molecule has 3 N–H and O–H groups in total. The third-order valence-electron chi connectivity index (χ3n) is 2.76. The molecule has 0 aliphatic rings. The molecule has 8 heteroatoms. The molecule has 114 valence electrons. The van der Waals surface area contributed by atoms with Gasteiger partial charge in [-0.15, -0.1) is 11.3 Å². The van der Waals surface area contributed by atoms with E-state index in [1.807, 2.05) is 12.1 Å². The number of nitrogens with one attached hydrogen (secondary N) is 1. The fraction of sp³-hybridized carbons (Fsp3) is 0.231. The van der Waals surface area contributed by atoms with Gasteiger partial charge in [0.25, 0.3) is 10.0 Å². The Bertz CT molecular complexity index is 729. The normalized spacial score (nSPS) is 11.6. The van der Waals surface area contributed by atoms with E-state index in [9.17, 15) is 8.42 Å². The van der Waals surface area contributed by atoms with E-state index in [0.29, 0.717) is 22.6 Å². The fourth-order valence-electron chi connectivity index (χ4n) is 1.78. The predicted octanol–water partition coefficient (Wildman–Crippen LogP) is 2.92. The highest BCUT2D eigenvalue weighted by atomic mass is 79.9. The summed E-state index contributed by atoms with van der Waals surface area (Å²) in [5.74, 6) is 0. The van der Waals surface area contributed by atoms with Gasteiger partial charge in [0, 0.05) is 24.1 Å². The van der Waals surface area contributed by atoms with E-state index in [0.717, 1.165) is 10.4 Å². The molecule has 0 aliphatic heterocycles. The first kappa shape index (κ1) is 16.4. The van der Waals surface area contributed by atoms with Crippen molar-refractivity contribution in [2.75, 3.05) is 11.8 Å². The molecule has 5 nitrogen and oxygen atoms in total. The van der Waals surface area contributed by atoms with Gasteiger partial charge in [-0.05, 0) is 28.1 Å². The van der Waals surface area contributed by atoms with Crippen LogP contribution in [0.2, 0.25) is 0 Å². The second-order valence-electron chi connectivity index (χ2n) is 4.25. The summed E-state index contributed by atoms with van der Waals surface area (Å²) in [5, 5.41) is 0. The summed E-state index contributed by atoms with van der Waals surface area (Å²) >= 11 is 4.59. The van der Waals surface area contributed by atoms with Crippen LogP contribution in [0.1, 0.15) is 10.4 Å². The van der Waals surface area contributed by atoms with E-state index in [4.69, 9.17) is 10.5 Å². The molecule has 2 aromatic rings. The van der Waals surface area contributed by atoms with Crippen LogP contribution >= 0.6 is 27.3 Å². The van der Waals surface area contributed by atoms with E-state index < -0.39 is 10.0 Å². The van der Waals surface area contributed by atoms with Crippen molar-refractivity contribution in [3.63, 3.8) is 0 Å². The molecule has 1 aromatic carbocycles. The predicted molar refractivity (Wildman–Crippen MR) is 87.9 cm³/mol. The molecule has 21 heavy (non-hydrogen) atoms. The minimum Gasteiger partial charge on any atom is -0.380 e. The molecule has 0 radical (unpaired) electrons. The largest absolute Gasteiger partial charge is 0.380 e. The minimum absolute atomic E-state index is 0.195. The zero-order valence-corrected chi connectivity index (χ0v) is 14.5. The van der Waals surface area contributed by atoms with Gasteiger partial charge in [0.1, 0.15) is 4.90 Å². The van der Waals surface area contributed by atoms with Crippen LogP contribution in [0, 0.1) is 0 Å². The Morgan fingerprint density at radius 1 is 1.38 bits per heavy atom. The summed E-state index contributed by atoms with van der Waals surface area (Å²) in [6.45, 7) is 0.636. The summed E-state index contributed by atoms with van der Waals surface area (Å²) in [6, 6.07) is 8.70. The number of nitrogens with two attached hydrogens (primary N) is 1. The molecule has 0 unspecified atom stereocenters. The lowest BCUT2D eigenvalue weighted by Gasteiger charge is -2.11. The number of hydrogen-bond donors (Lipinski definition) is 2. The Morgan fingerprint density at radius 2 is 2.10 bits per heavy atom. The summed E-state index contributed by atoms with van der Waals surface area (Å²) in [4.78, 5) is 0.993. The van der Waals surface area contributed by atoms with E-state index in [2.05, 4.69) is 20.7 Å². The number of halogens is 1. The first-order valence-corrected chi connectivity index (χ1v) is 9.15. The standard InChI is InChI=1S/C13H15BrN2O3S2/c1-19-8-9-4-2-3-5-11(9)16-21(17,18)12-6-10(7-15)20-13(12)14/h2-6,16H,7-8,15H2,1H3. The molecule has 0 saturated carbocycles. The van der Waals surface area contributed by atoms with Crippen molar-refractivity contribution in [1.82, 2.24) is 0 Å². The monoisotopic (exact) mass is 390 g/mol. The molecule has 0 saturated heterocycles. The highest BCUT2D eigenvalue weighted by Gasteiger charge is 2.21. The highest BCUT2D eigenvalue weighted by molar-refractivity contribution is 9.11. The molecule has 0 fully saturated rings. The third kappa shape index (κ3) is 3.83. The maximum Gasteiger partial charge on any atom is 0.263 e. The molecule has 0 atom stereocenters. The van der Waals surface area contributed by atoms with Crippen LogP contribution in [0.25, 0.3) is 0 Å². The van der Waals surface area contributed by atoms with Crippen LogP contribution in [-0.2, 0) is 27.9 Å². The van der Waals surface area contributed by atoms with E-state index in [1.54, 1.807) is 25.3 Å². The number of rotatable bonds is 6. The number of hydrogen-bond acceptors (Lipinski definition) is 5. The molecule has 0 spiro atoms. The maximum atomic E-state index is 12.5. The van der Waals surface area contributed by atoms with Gasteiger partial charge in [0.15, 0.2) is 0 Å². The van der Waals surface area contributed by atoms with Gasteiger partial charge in [-0.1, -0.05) is 18.2 Å². The zero-order chi connectivity index (χ0) is 15.5. The Morgan fingerprint density at radius 3 is 2.71 bits per heavy atom.